The lowest BCUT2D eigenvalue weighted by molar-refractivity contribution is 0.181. The lowest BCUT2D eigenvalue weighted by Gasteiger charge is -2.20. The molecule has 1 aromatic carbocycles. The van der Waals surface area contributed by atoms with Gasteiger partial charge in [0.1, 0.15) is 17.9 Å². The van der Waals surface area contributed by atoms with Gasteiger partial charge in [-0.1, -0.05) is 23.7 Å². The minimum Gasteiger partial charge on any atom is -0.492 e. The zero-order chi connectivity index (χ0) is 17.2. The largest absolute Gasteiger partial charge is 0.492 e. The minimum atomic E-state index is 0.0568. The van der Waals surface area contributed by atoms with Crippen LogP contribution in [0.4, 0.5) is 5.82 Å². The number of aromatic nitrogens is 4. The summed E-state index contributed by atoms with van der Waals surface area (Å²) in [5, 5.41) is 8.45. The zero-order valence-electron chi connectivity index (χ0n) is 13.8. The van der Waals surface area contributed by atoms with Crippen molar-refractivity contribution in [3.05, 3.63) is 46.9 Å². The SMILES string of the molecule is COCc1cc(NC2CCCOc3c(Cl)cccc32)n2ncnc2n1. The second-order valence-corrected chi connectivity index (χ2v) is 6.29. The van der Waals surface area contributed by atoms with E-state index in [1.807, 2.05) is 24.3 Å². The van der Waals surface area contributed by atoms with Gasteiger partial charge in [0.05, 0.1) is 30.0 Å². The number of benzene rings is 1. The molecular weight excluding hydrogens is 342 g/mol. The molecule has 3 aromatic rings. The first kappa shape index (κ1) is 16.1. The lowest BCUT2D eigenvalue weighted by atomic mass is 10.0. The van der Waals surface area contributed by atoms with E-state index in [0.29, 0.717) is 24.0 Å². The van der Waals surface area contributed by atoms with Crippen molar-refractivity contribution in [2.24, 2.45) is 0 Å². The Morgan fingerprint density at radius 3 is 3.24 bits per heavy atom. The van der Waals surface area contributed by atoms with E-state index in [1.165, 1.54) is 6.33 Å². The number of ether oxygens (including phenoxy) is 2. The molecule has 0 fully saturated rings. The van der Waals surface area contributed by atoms with Crippen LogP contribution < -0.4 is 10.1 Å². The van der Waals surface area contributed by atoms with E-state index in [2.05, 4.69) is 20.4 Å². The van der Waals surface area contributed by atoms with Crippen LogP contribution in [0, 0.1) is 0 Å². The molecule has 0 bridgehead atoms. The van der Waals surface area contributed by atoms with Crippen LogP contribution in [-0.4, -0.2) is 33.3 Å². The Morgan fingerprint density at radius 1 is 1.44 bits per heavy atom. The van der Waals surface area contributed by atoms with E-state index in [4.69, 9.17) is 21.1 Å². The van der Waals surface area contributed by atoms with Gasteiger partial charge < -0.3 is 14.8 Å². The summed E-state index contributed by atoms with van der Waals surface area (Å²) in [4.78, 5) is 8.63. The highest BCUT2D eigenvalue weighted by Crippen LogP contribution is 2.38. The number of hydrogen-bond donors (Lipinski definition) is 1. The molecule has 2 aromatic heterocycles. The van der Waals surface area contributed by atoms with Gasteiger partial charge in [0.2, 0.25) is 0 Å². The highest BCUT2D eigenvalue weighted by Gasteiger charge is 2.23. The predicted octanol–water partition coefficient (Wildman–Crippen LogP) is 3.25. The van der Waals surface area contributed by atoms with E-state index >= 15 is 0 Å². The quantitative estimate of drug-likeness (QED) is 0.770. The molecule has 0 amide bonds. The molecule has 8 heteroatoms. The maximum Gasteiger partial charge on any atom is 0.254 e. The van der Waals surface area contributed by atoms with Crippen molar-refractivity contribution in [3.63, 3.8) is 0 Å². The number of rotatable bonds is 4. The van der Waals surface area contributed by atoms with Crippen molar-refractivity contribution in [2.45, 2.75) is 25.5 Å². The number of para-hydroxylation sites is 1. The van der Waals surface area contributed by atoms with Gasteiger partial charge in [-0.3, -0.25) is 0 Å². The van der Waals surface area contributed by atoms with E-state index in [1.54, 1.807) is 11.6 Å². The van der Waals surface area contributed by atoms with Crippen LogP contribution >= 0.6 is 11.6 Å². The molecule has 3 heterocycles. The van der Waals surface area contributed by atoms with E-state index in [-0.39, 0.29) is 6.04 Å². The highest BCUT2D eigenvalue weighted by molar-refractivity contribution is 6.32. The Bertz CT molecular complexity index is 898. The third-order valence-electron chi connectivity index (χ3n) is 4.18. The predicted molar refractivity (Wildman–Crippen MR) is 94.0 cm³/mol. The minimum absolute atomic E-state index is 0.0568. The summed E-state index contributed by atoms with van der Waals surface area (Å²) in [6.07, 6.45) is 3.34. The van der Waals surface area contributed by atoms with Gasteiger partial charge in [-0.2, -0.15) is 14.6 Å². The van der Waals surface area contributed by atoms with Crippen molar-refractivity contribution in [1.29, 1.82) is 0 Å². The van der Waals surface area contributed by atoms with Crippen molar-refractivity contribution in [3.8, 4) is 5.75 Å². The number of nitrogens with one attached hydrogen (secondary N) is 1. The molecule has 0 saturated heterocycles. The smallest absolute Gasteiger partial charge is 0.254 e. The second kappa shape index (κ2) is 6.85. The molecule has 1 N–H and O–H groups in total. The fourth-order valence-electron chi connectivity index (χ4n) is 3.08. The summed E-state index contributed by atoms with van der Waals surface area (Å²) >= 11 is 6.32. The maximum absolute atomic E-state index is 6.32. The lowest BCUT2D eigenvalue weighted by Crippen LogP contribution is -2.14. The number of halogens is 1. The number of hydrogen-bond acceptors (Lipinski definition) is 6. The first-order valence-corrected chi connectivity index (χ1v) is 8.50. The molecule has 4 rings (SSSR count). The summed E-state index contributed by atoms with van der Waals surface area (Å²) in [5.74, 6) is 2.10. The fraction of sp³-hybridized carbons (Fsp3) is 0.353. The molecule has 0 spiro atoms. The molecule has 7 nitrogen and oxygen atoms in total. The number of methoxy groups -OCH3 is 1. The molecule has 0 radical (unpaired) electrons. The van der Waals surface area contributed by atoms with Gasteiger partial charge in [0.25, 0.3) is 5.78 Å². The standard InChI is InChI=1S/C17H18ClN5O2/c1-24-9-11-8-15(23-17(21-11)19-10-20-23)22-14-6-3-7-25-16-12(14)4-2-5-13(16)18/h2,4-5,8,10,14,22H,3,6-7,9H2,1H3. The summed E-state index contributed by atoms with van der Waals surface area (Å²) in [7, 11) is 1.64. The summed E-state index contributed by atoms with van der Waals surface area (Å²) < 4.78 is 12.7. The Hall–Kier alpha value is -2.38. The van der Waals surface area contributed by atoms with Gasteiger partial charge in [-0.05, 0) is 18.9 Å². The maximum atomic E-state index is 6.32. The van der Waals surface area contributed by atoms with Crippen LogP contribution in [0.1, 0.15) is 30.1 Å². The Kier molecular flexibility index (Phi) is 4.42. The van der Waals surface area contributed by atoms with E-state index < -0.39 is 0 Å². The Labute approximate surface area is 149 Å². The van der Waals surface area contributed by atoms with Crippen LogP contribution in [0.2, 0.25) is 5.02 Å². The van der Waals surface area contributed by atoms with Crippen LogP contribution in [0.3, 0.4) is 0 Å². The Morgan fingerprint density at radius 2 is 2.36 bits per heavy atom. The van der Waals surface area contributed by atoms with E-state index in [0.717, 1.165) is 35.7 Å². The molecule has 25 heavy (non-hydrogen) atoms. The molecule has 0 aliphatic carbocycles. The second-order valence-electron chi connectivity index (χ2n) is 5.88. The van der Waals surface area contributed by atoms with Gasteiger partial charge in [0.15, 0.2) is 0 Å². The van der Waals surface area contributed by atoms with Crippen molar-refractivity contribution in [1.82, 2.24) is 19.6 Å². The summed E-state index contributed by atoms with van der Waals surface area (Å²) in [5.41, 5.74) is 1.84. The molecule has 1 atom stereocenters. The highest BCUT2D eigenvalue weighted by atomic mass is 35.5. The Balaban J connectivity index is 1.74. The van der Waals surface area contributed by atoms with Crippen molar-refractivity contribution < 1.29 is 9.47 Å². The molecule has 1 unspecified atom stereocenters. The summed E-state index contributed by atoms with van der Waals surface area (Å²) in [6, 6.07) is 7.82. The van der Waals surface area contributed by atoms with Gasteiger partial charge in [0, 0.05) is 18.7 Å². The summed E-state index contributed by atoms with van der Waals surface area (Å²) in [6.45, 7) is 1.06. The van der Waals surface area contributed by atoms with Crippen LogP contribution in [0.25, 0.3) is 5.78 Å². The van der Waals surface area contributed by atoms with Gasteiger partial charge in [-0.25, -0.2) is 4.98 Å². The molecule has 0 saturated carbocycles. The van der Waals surface area contributed by atoms with E-state index in [9.17, 15) is 0 Å². The van der Waals surface area contributed by atoms with Crippen LogP contribution in [0.15, 0.2) is 30.6 Å². The average Bonchev–Trinajstić information content (AvgIpc) is 2.98. The van der Waals surface area contributed by atoms with Crippen LogP contribution in [-0.2, 0) is 11.3 Å². The van der Waals surface area contributed by atoms with Gasteiger partial charge >= 0.3 is 0 Å². The average molecular weight is 360 g/mol. The normalized spacial score (nSPS) is 17.0. The molecule has 130 valence electrons. The van der Waals surface area contributed by atoms with Crippen molar-refractivity contribution >= 4 is 23.2 Å². The third kappa shape index (κ3) is 3.12. The monoisotopic (exact) mass is 359 g/mol. The zero-order valence-corrected chi connectivity index (χ0v) is 14.5. The van der Waals surface area contributed by atoms with Crippen LogP contribution in [0.5, 0.6) is 5.75 Å². The van der Waals surface area contributed by atoms with Crippen molar-refractivity contribution in [2.75, 3.05) is 19.0 Å². The molecular formula is C17H18ClN5O2. The number of fused-ring (bicyclic) bond motifs is 2. The van der Waals surface area contributed by atoms with Gasteiger partial charge in [-0.15, -0.1) is 0 Å². The molecule has 1 aliphatic heterocycles. The third-order valence-corrected chi connectivity index (χ3v) is 4.47. The number of anilines is 1. The number of nitrogens with zero attached hydrogens (tertiary/aromatic N) is 4. The first-order valence-electron chi connectivity index (χ1n) is 8.12. The topological polar surface area (TPSA) is 73.6 Å². The molecule has 1 aliphatic rings. The first-order chi connectivity index (χ1) is 12.3. The fourth-order valence-corrected chi connectivity index (χ4v) is 3.32.